The van der Waals surface area contributed by atoms with Gasteiger partial charge in [0.15, 0.2) is 5.84 Å². The molecule has 2 aliphatic rings. The first kappa shape index (κ1) is 32.7. The molecule has 0 spiro atoms. The molecule has 5 heteroatoms. The van der Waals surface area contributed by atoms with E-state index in [9.17, 15) is 0 Å². The number of hydrogen-bond donors (Lipinski definition) is 1. The van der Waals surface area contributed by atoms with Crippen LogP contribution in [0, 0.1) is 0 Å². The van der Waals surface area contributed by atoms with Crippen LogP contribution in [0.4, 0.5) is 0 Å². The van der Waals surface area contributed by atoms with Crippen molar-refractivity contribution in [3.05, 3.63) is 208 Å². The van der Waals surface area contributed by atoms with Gasteiger partial charge >= 0.3 is 0 Å². The van der Waals surface area contributed by atoms with Crippen molar-refractivity contribution in [3.8, 4) is 16.9 Å². The van der Waals surface area contributed by atoms with Crippen LogP contribution < -0.4 is 20.9 Å². The van der Waals surface area contributed by atoms with Gasteiger partial charge in [0, 0.05) is 39.5 Å². The molecule has 2 unspecified atom stereocenters. The molecule has 1 aromatic heterocycles. The minimum Gasteiger partial charge on any atom is -0.485 e. The average Bonchev–Trinajstić information content (AvgIpc) is 3.83. The van der Waals surface area contributed by atoms with Crippen LogP contribution in [0.5, 0.6) is 5.75 Å². The summed E-state index contributed by atoms with van der Waals surface area (Å²) in [5.74, 6) is 1.87. The van der Waals surface area contributed by atoms with Crippen LogP contribution in [0.15, 0.2) is 184 Å². The van der Waals surface area contributed by atoms with E-state index in [0.29, 0.717) is 11.7 Å². The lowest BCUT2D eigenvalue weighted by Gasteiger charge is -2.21. The summed E-state index contributed by atoms with van der Waals surface area (Å²) in [4.78, 5) is 10.4. The number of aliphatic imine (C=N–C) groups is 2. The number of fused-ring (bicyclic) bond motifs is 7. The number of para-hydroxylation sites is 1. The fraction of sp³-hybridized carbons (Fsp3) is 0.0800. The summed E-state index contributed by atoms with van der Waals surface area (Å²) in [7, 11) is 0. The molecule has 264 valence electrons. The van der Waals surface area contributed by atoms with Crippen molar-refractivity contribution in [2.24, 2.45) is 15.7 Å². The third kappa shape index (κ3) is 5.73. The van der Waals surface area contributed by atoms with Crippen LogP contribution >= 0.6 is 0 Å². The highest BCUT2D eigenvalue weighted by molar-refractivity contribution is 6.22. The Hall–Kier alpha value is -6.98. The van der Waals surface area contributed by atoms with Gasteiger partial charge in [0.2, 0.25) is 0 Å². The lowest BCUT2D eigenvalue weighted by atomic mass is 9.84. The molecule has 0 bridgehead atoms. The van der Waals surface area contributed by atoms with Crippen molar-refractivity contribution >= 4 is 44.8 Å². The van der Waals surface area contributed by atoms with Gasteiger partial charge in [-0.05, 0) is 63.4 Å². The van der Waals surface area contributed by atoms with E-state index in [1.807, 2.05) is 72.8 Å². The molecular weight excluding hydrogens is 675 g/mol. The number of nitrogens with zero attached hydrogens (tertiary/aromatic N) is 2. The van der Waals surface area contributed by atoms with Crippen LogP contribution in [0.1, 0.15) is 47.2 Å². The van der Waals surface area contributed by atoms with Gasteiger partial charge in [-0.2, -0.15) is 0 Å². The number of rotatable bonds is 6. The SMILES string of the molecule is CC(N=C(N=C(N)c1ccc(-c2ccccc2)cc1)c1cccc2oc3cccc(C4=c5ccccc5=C5c6ccccc6OC5C4)c3c12)c1ccccc1. The highest BCUT2D eigenvalue weighted by Crippen LogP contribution is 2.43. The Labute approximate surface area is 319 Å². The summed E-state index contributed by atoms with van der Waals surface area (Å²) < 4.78 is 13.3. The minimum atomic E-state index is -0.184. The quantitative estimate of drug-likeness (QED) is 0.138. The molecule has 0 amide bonds. The summed E-state index contributed by atoms with van der Waals surface area (Å²) >= 11 is 0. The second-order valence-corrected chi connectivity index (χ2v) is 14.2. The first-order valence-electron chi connectivity index (χ1n) is 18.8. The zero-order valence-corrected chi connectivity index (χ0v) is 30.3. The normalized spacial score (nSPS) is 15.8. The first-order chi connectivity index (χ1) is 27.1. The number of hydrogen-bond acceptors (Lipinski definition) is 3. The van der Waals surface area contributed by atoms with E-state index in [1.165, 1.54) is 27.1 Å². The van der Waals surface area contributed by atoms with Gasteiger partial charge in [0.25, 0.3) is 0 Å². The summed E-state index contributed by atoms with van der Waals surface area (Å²) in [6.07, 6.45) is 0.641. The van der Waals surface area contributed by atoms with Crippen LogP contribution in [0.3, 0.4) is 0 Å². The summed E-state index contributed by atoms with van der Waals surface area (Å²) in [6.45, 7) is 2.09. The Kier molecular flexibility index (Phi) is 7.99. The van der Waals surface area contributed by atoms with Crippen molar-refractivity contribution in [2.75, 3.05) is 0 Å². The maximum atomic E-state index is 6.88. The van der Waals surface area contributed by atoms with E-state index in [1.54, 1.807) is 0 Å². The van der Waals surface area contributed by atoms with E-state index >= 15 is 0 Å². The lowest BCUT2D eigenvalue weighted by molar-refractivity contribution is 0.280. The summed E-state index contributed by atoms with van der Waals surface area (Å²) in [5, 5.41) is 4.40. The molecule has 0 fully saturated rings. The molecule has 7 aromatic carbocycles. The highest BCUT2D eigenvalue weighted by atomic mass is 16.5. The maximum Gasteiger partial charge on any atom is 0.158 e. The average molecular weight is 712 g/mol. The Balaban J connectivity index is 1.18. The monoisotopic (exact) mass is 711 g/mol. The van der Waals surface area contributed by atoms with Gasteiger partial charge in [-0.15, -0.1) is 0 Å². The van der Waals surface area contributed by atoms with Crippen LogP contribution in [-0.4, -0.2) is 17.8 Å². The van der Waals surface area contributed by atoms with E-state index in [0.717, 1.165) is 67.5 Å². The zero-order valence-electron chi connectivity index (χ0n) is 30.3. The molecule has 0 saturated heterocycles. The Morgan fingerprint density at radius 2 is 1.25 bits per heavy atom. The topological polar surface area (TPSA) is 73.1 Å². The van der Waals surface area contributed by atoms with Gasteiger partial charge < -0.3 is 14.9 Å². The lowest BCUT2D eigenvalue weighted by Crippen LogP contribution is -2.37. The predicted molar refractivity (Wildman–Crippen MR) is 224 cm³/mol. The molecule has 2 heterocycles. The molecule has 1 aliphatic heterocycles. The second kappa shape index (κ2) is 13.5. The summed E-state index contributed by atoms with van der Waals surface area (Å²) in [5.41, 5.74) is 18.2. The van der Waals surface area contributed by atoms with Crippen molar-refractivity contribution in [2.45, 2.75) is 25.5 Å². The Morgan fingerprint density at radius 3 is 2.05 bits per heavy atom. The molecule has 2 atom stereocenters. The Morgan fingerprint density at radius 1 is 0.618 bits per heavy atom. The molecule has 8 aromatic rings. The van der Waals surface area contributed by atoms with Crippen LogP contribution in [0.25, 0.3) is 44.2 Å². The van der Waals surface area contributed by atoms with E-state index in [4.69, 9.17) is 24.9 Å². The molecule has 5 nitrogen and oxygen atoms in total. The third-order valence-corrected chi connectivity index (χ3v) is 10.9. The number of furan rings is 1. The fourth-order valence-corrected chi connectivity index (χ4v) is 8.27. The van der Waals surface area contributed by atoms with E-state index in [2.05, 4.69) is 104 Å². The predicted octanol–water partition coefficient (Wildman–Crippen LogP) is 9.73. The largest absolute Gasteiger partial charge is 0.485 e. The van der Waals surface area contributed by atoms with Gasteiger partial charge in [-0.1, -0.05) is 152 Å². The van der Waals surface area contributed by atoms with Crippen molar-refractivity contribution in [1.82, 2.24) is 0 Å². The maximum absolute atomic E-state index is 6.88. The van der Waals surface area contributed by atoms with Gasteiger partial charge in [-0.3, -0.25) is 4.99 Å². The molecular formula is C50H37N3O2. The molecule has 10 rings (SSSR count). The molecule has 55 heavy (non-hydrogen) atoms. The molecule has 0 saturated carbocycles. The first-order valence-corrected chi connectivity index (χ1v) is 18.8. The molecule has 0 radical (unpaired) electrons. The molecule has 1 aliphatic carbocycles. The number of amidine groups is 2. The van der Waals surface area contributed by atoms with Gasteiger partial charge in [-0.25, -0.2) is 4.99 Å². The van der Waals surface area contributed by atoms with E-state index in [-0.39, 0.29) is 12.1 Å². The smallest absolute Gasteiger partial charge is 0.158 e. The van der Waals surface area contributed by atoms with Crippen LogP contribution in [-0.2, 0) is 0 Å². The highest BCUT2D eigenvalue weighted by Gasteiger charge is 2.33. The van der Waals surface area contributed by atoms with E-state index < -0.39 is 0 Å². The van der Waals surface area contributed by atoms with Crippen molar-refractivity contribution in [1.29, 1.82) is 0 Å². The second-order valence-electron chi connectivity index (χ2n) is 14.2. The molecule has 2 N–H and O–H groups in total. The standard InChI is InChI=1S/C50H37N3O2/c1-31(32-14-4-2-5-15-32)52-50(53-49(51)35-28-26-34(27-29-35)33-16-6-3-7-17-33)40-22-13-25-44-48(40)47-38(21-12-24-43(47)55-44)41-30-45-46(37-19-9-8-18-36(37)41)39-20-10-11-23-42(39)54-45/h2-29,31,45H,30H2,1H3,(H2,51,52,53). The third-order valence-electron chi connectivity index (χ3n) is 10.9. The van der Waals surface area contributed by atoms with Crippen molar-refractivity contribution < 1.29 is 9.15 Å². The number of ether oxygens (including phenoxy) is 1. The van der Waals surface area contributed by atoms with Gasteiger partial charge in [0.1, 0.15) is 28.9 Å². The Bertz CT molecular complexity index is 2940. The summed E-state index contributed by atoms with van der Waals surface area (Å²) in [6, 6.07) is 58.2. The van der Waals surface area contributed by atoms with Crippen LogP contribution in [0.2, 0.25) is 0 Å². The number of nitrogens with two attached hydrogens (primary N) is 1. The zero-order chi connectivity index (χ0) is 36.9. The fourth-order valence-electron chi connectivity index (χ4n) is 8.27. The van der Waals surface area contributed by atoms with Gasteiger partial charge in [0.05, 0.1) is 6.04 Å². The van der Waals surface area contributed by atoms with Crippen molar-refractivity contribution in [3.63, 3.8) is 0 Å². The number of benzene rings is 7. The minimum absolute atomic E-state index is 0.0864.